The van der Waals surface area contributed by atoms with Crippen molar-refractivity contribution >= 4 is 51.9 Å². The van der Waals surface area contributed by atoms with E-state index in [9.17, 15) is 9.59 Å². The van der Waals surface area contributed by atoms with Crippen LogP contribution < -0.4 is 10.1 Å². The van der Waals surface area contributed by atoms with Crippen LogP contribution in [0.25, 0.3) is 6.08 Å². The summed E-state index contributed by atoms with van der Waals surface area (Å²) in [6, 6.07) is 13.0. The van der Waals surface area contributed by atoms with Crippen molar-refractivity contribution in [3.8, 4) is 5.75 Å². The van der Waals surface area contributed by atoms with Gasteiger partial charge in [-0.25, -0.2) is 0 Å². The lowest BCUT2D eigenvalue weighted by Gasteiger charge is -2.09. The summed E-state index contributed by atoms with van der Waals surface area (Å²) in [5, 5.41) is 2.82. The van der Waals surface area contributed by atoms with E-state index in [1.54, 1.807) is 25.3 Å². The molecule has 2 aromatic carbocycles. The summed E-state index contributed by atoms with van der Waals surface area (Å²) < 4.78 is 6.09. The van der Waals surface area contributed by atoms with Gasteiger partial charge in [-0.05, 0) is 60.9 Å². The van der Waals surface area contributed by atoms with Crippen LogP contribution in [0.4, 0.5) is 5.69 Å². The minimum absolute atomic E-state index is 0.0826. The van der Waals surface area contributed by atoms with Crippen LogP contribution in [0.3, 0.4) is 0 Å². The minimum atomic E-state index is -0.223. The third-order valence-electron chi connectivity index (χ3n) is 4.33. The van der Waals surface area contributed by atoms with Gasteiger partial charge in [-0.15, -0.1) is 0 Å². The van der Waals surface area contributed by atoms with Crippen LogP contribution in [-0.4, -0.2) is 34.7 Å². The Morgan fingerprint density at radius 1 is 1.18 bits per heavy atom. The molecule has 1 saturated heterocycles. The lowest BCUT2D eigenvalue weighted by Crippen LogP contribution is -2.22. The van der Waals surface area contributed by atoms with Gasteiger partial charge in [0.2, 0.25) is 0 Å². The molecule has 0 atom stereocenters. The van der Waals surface area contributed by atoms with Gasteiger partial charge >= 0.3 is 0 Å². The summed E-state index contributed by atoms with van der Waals surface area (Å²) in [6.07, 6.45) is 1.79. The molecular weight excluding hydrogens is 392 g/mol. The van der Waals surface area contributed by atoms with Crippen LogP contribution in [-0.2, 0) is 9.59 Å². The molecule has 0 aromatic heterocycles. The summed E-state index contributed by atoms with van der Waals surface area (Å²) in [7, 11) is 1.67. The zero-order chi connectivity index (χ0) is 20.3. The molecule has 1 fully saturated rings. The fourth-order valence-electron chi connectivity index (χ4n) is 2.52. The molecule has 0 spiro atoms. The Morgan fingerprint density at radius 3 is 2.50 bits per heavy atom. The van der Waals surface area contributed by atoms with Crippen LogP contribution in [0.5, 0.6) is 5.75 Å². The molecule has 2 aromatic rings. The number of anilines is 1. The predicted octanol–water partition coefficient (Wildman–Crippen LogP) is 4.15. The third-order valence-corrected chi connectivity index (χ3v) is 5.81. The Kier molecular flexibility index (Phi) is 6.16. The lowest BCUT2D eigenvalue weighted by molar-refractivity contribution is -0.121. The topological polar surface area (TPSA) is 58.6 Å². The highest BCUT2D eigenvalue weighted by Crippen LogP contribution is 2.31. The van der Waals surface area contributed by atoms with E-state index >= 15 is 0 Å². The number of thiocarbonyl (C=S) groups is 1. The summed E-state index contributed by atoms with van der Waals surface area (Å²) in [5.41, 5.74) is 3.91. The van der Waals surface area contributed by atoms with Gasteiger partial charge in [-0.3, -0.25) is 14.5 Å². The van der Waals surface area contributed by atoms with Crippen LogP contribution >= 0.6 is 24.0 Å². The molecule has 1 heterocycles. The summed E-state index contributed by atoms with van der Waals surface area (Å²) in [6.45, 7) is 3.94. The molecule has 0 aliphatic carbocycles. The highest BCUT2D eigenvalue weighted by Gasteiger charge is 2.28. The number of likely N-dealkylation sites (N-methyl/N-ethyl adjacent to an activating group) is 1. The first-order valence-electron chi connectivity index (χ1n) is 8.65. The van der Waals surface area contributed by atoms with Crippen molar-refractivity contribution in [3.63, 3.8) is 0 Å². The Balaban J connectivity index is 1.56. The number of hydrogen-bond donors (Lipinski definition) is 1. The summed E-state index contributed by atoms with van der Waals surface area (Å²) in [4.78, 5) is 26.2. The minimum Gasteiger partial charge on any atom is -0.484 e. The van der Waals surface area contributed by atoms with Crippen LogP contribution in [0.1, 0.15) is 16.7 Å². The molecular formula is C21H20N2O3S2. The number of carbonyl (C=O) groups excluding carboxylic acids is 2. The van der Waals surface area contributed by atoms with Crippen LogP contribution in [0, 0.1) is 13.8 Å². The number of hydrogen-bond acceptors (Lipinski definition) is 5. The maximum atomic E-state index is 12.1. The number of amides is 2. The van der Waals surface area contributed by atoms with Crippen molar-refractivity contribution in [3.05, 3.63) is 64.1 Å². The summed E-state index contributed by atoms with van der Waals surface area (Å²) >= 11 is 6.40. The number of benzene rings is 2. The second-order valence-corrected chi connectivity index (χ2v) is 8.12. The normalized spacial score (nSPS) is 15.2. The first-order chi connectivity index (χ1) is 13.3. The Bertz CT molecular complexity index is 968. The zero-order valence-electron chi connectivity index (χ0n) is 15.8. The predicted molar refractivity (Wildman–Crippen MR) is 117 cm³/mol. The van der Waals surface area contributed by atoms with Gasteiger partial charge in [0.25, 0.3) is 11.8 Å². The highest BCUT2D eigenvalue weighted by atomic mass is 32.2. The molecule has 0 radical (unpaired) electrons. The number of carbonyl (C=O) groups is 2. The first kappa shape index (κ1) is 20.1. The fraction of sp³-hybridized carbons (Fsp3) is 0.190. The Labute approximate surface area is 173 Å². The third kappa shape index (κ3) is 4.79. The molecule has 1 N–H and O–H groups in total. The second-order valence-electron chi connectivity index (χ2n) is 6.45. The lowest BCUT2D eigenvalue weighted by atomic mass is 10.1. The maximum absolute atomic E-state index is 12.1. The van der Waals surface area contributed by atoms with E-state index < -0.39 is 0 Å². The average Bonchev–Trinajstić information content (AvgIpc) is 2.91. The molecule has 0 bridgehead atoms. The van der Waals surface area contributed by atoms with Gasteiger partial charge in [0.15, 0.2) is 6.61 Å². The van der Waals surface area contributed by atoms with E-state index in [0.29, 0.717) is 15.0 Å². The van der Waals surface area contributed by atoms with Crippen molar-refractivity contribution in [1.29, 1.82) is 0 Å². The molecule has 1 aliphatic rings. The number of aryl methyl sites for hydroxylation is 2. The second kappa shape index (κ2) is 8.58. The zero-order valence-corrected chi connectivity index (χ0v) is 17.4. The maximum Gasteiger partial charge on any atom is 0.265 e. The first-order valence-corrected chi connectivity index (χ1v) is 9.87. The Hall–Kier alpha value is -2.64. The smallest absolute Gasteiger partial charge is 0.265 e. The van der Waals surface area contributed by atoms with Crippen LogP contribution in [0.15, 0.2) is 47.4 Å². The molecule has 1 aliphatic heterocycles. The molecule has 0 unspecified atom stereocenters. The van der Waals surface area contributed by atoms with Crippen molar-refractivity contribution < 1.29 is 14.3 Å². The quantitative estimate of drug-likeness (QED) is 0.591. The van der Waals surface area contributed by atoms with E-state index in [-0.39, 0.29) is 18.4 Å². The van der Waals surface area contributed by atoms with E-state index in [1.165, 1.54) is 22.2 Å². The van der Waals surface area contributed by atoms with E-state index in [1.807, 2.05) is 44.2 Å². The number of ether oxygens (including phenoxy) is 1. The van der Waals surface area contributed by atoms with Crippen molar-refractivity contribution in [2.24, 2.45) is 0 Å². The molecule has 7 heteroatoms. The molecule has 0 saturated carbocycles. The number of nitrogens with one attached hydrogen (secondary N) is 1. The average molecular weight is 413 g/mol. The SMILES string of the molecule is Cc1ccc(NC(=O)COc2ccc(/C=C3/SC(=S)N(C)C3=O)cc2)cc1C. The van der Waals surface area contributed by atoms with Gasteiger partial charge in [-0.1, -0.05) is 42.2 Å². The summed E-state index contributed by atoms with van der Waals surface area (Å²) in [5.74, 6) is 0.257. The largest absolute Gasteiger partial charge is 0.484 e. The van der Waals surface area contributed by atoms with Gasteiger partial charge in [0.1, 0.15) is 10.1 Å². The van der Waals surface area contributed by atoms with Gasteiger partial charge < -0.3 is 10.1 Å². The van der Waals surface area contributed by atoms with Crippen molar-refractivity contribution in [2.75, 3.05) is 19.0 Å². The Morgan fingerprint density at radius 2 is 1.89 bits per heavy atom. The standard InChI is InChI=1S/C21H20N2O3S2/c1-13-4-7-16(10-14(13)2)22-19(24)12-26-17-8-5-15(6-9-17)11-18-20(25)23(3)21(27)28-18/h4-11H,12H2,1-3H3,(H,22,24)/b18-11+. The number of thioether (sulfide) groups is 1. The molecule has 144 valence electrons. The molecule has 3 rings (SSSR count). The van der Waals surface area contributed by atoms with Gasteiger partial charge in [0, 0.05) is 12.7 Å². The fourth-order valence-corrected chi connectivity index (χ4v) is 3.70. The molecule has 5 nitrogen and oxygen atoms in total. The monoisotopic (exact) mass is 412 g/mol. The van der Waals surface area contributed by atoms with Crippen molar-refractivity contribution in [2.45, 2.75) is 13.8 Å². The highest BCUT2D eigenvalue weighted by molar-refractivity contribution is 8.26. The number of rotatable bonds is 5. The van der Waals surface area contributed by atoms with E-state index in [0.717, 1.165) is 16.8 Å². The number of nitrogens with zero attached hydrogens (tertiary/aromatic N) is 1. The van der Waals surface area contributed by atoms with Crippen LogP contribution in [0.2, 0.25) is 0 Å². The van der Waals surface area contributed by atoms with Gasteiger partial charge in [0.05, 0.1) is 4.91 Å². The molecule has 2 amide bonds. The molecule has 28 heavy (non-hydrogen) atoms. The van der Waals surface area contributed by atoms with Crippen molar-refractivity contribution in [1.82, 2.24) is 4.90 Å². The van der Waals surface area contributed by atoms with E-state index in [2.05, 4.69) is 5.32 Å². The van der Waals surface area contributed by atoms with E-state index in [4.69, 9.17) is 17.0 Å². The van der Waals surface area contributed by atoms with Gasteiger partial charge in [-0.2, -0.15) is 0 Å².